The third-order valence-corrected chi connectivity index (χ3v) is 3.92. The minimum absolute atomic E-state index is 0.00697. The zero-order valence-corrected chi connectivity index (χ0v) is 11.9. The van der Waals surface area contributed by atoms with Crippen LogP contribution in [0.25, 0.3) is 0 Å². The zero-order chi connectivity index (χ0) is 14.0. The summed E-state index contributed by atoms with van der Waals surface area (Å²) >= 11 is 1.58. The Kier molecular flexibility index (Phi) is 3.85. The molecule has 0 saturated heterocycles. The highest BCUT2D eigenvalue weighted by Crippen LogP contribution is 2.26. The molecule has 2 aromatic rings. The summed E-state index contributed by atoms with van der Waals surface area (Å²) in [5, 5.41) is 5.83. The molecule has 0 aliphatic heterocycles. The molecule has 0 aliphatic rings. The number of anilines is 1. The Morgan fingerprint density at radius 2 is 2.00 bits per heavy atom. The van der Waals surface area contributed by atoms with Gasteiger partial charge in [-0.3, -0.25) is 0 Å². The lowest BCUT2D eigenvalue weighted by molar-refractivity contribution is 0.511. The number of thiazole rings is 1. The van der Waals surface area contributed by atoms with Crippen molar-refractivity contribution >= 4 is 17.0 Å². The number of hydrogen-bond acceptors (Lipinski definition) is 3. The summed E-state index contributed by atoms with van der Waals surface area (Å²) in [6.45, 7) is 6.66. The third-order valence-electron chi connectivity index (χ3n) is 2.60. The molecule has 102 valence electrons. The van der Waals surface area contributed by atoms with Gasteiger partial charge in [0.15, 0.2) is 11.6 Å². The lowest BCUT2D eigenvalue weighted by Crippen LogP contribution is -2.11. The summed E-state index contributed by atoms with van der Waals surface area (Å²) in [5.74, 6) is -1.70. The maximum absolute atomic E-state index is 13.4. The molecule has 0 radical (unpaired) electrons. The fraction of sp³-hybridized carbons (Fsp3) is 0.357. The van der Waals surface area contributed by atoms with Crippen LogP contribution in [0.4, 0.5) is 14.5 Å². The van der Waals surface area contributed by atoms with Crippen LogP contribution in [-0.4, -0.2) is 4.98 Å². The van der Waals surface area contributed by atoms with E-state index in [9.17, 15) is 8.78 Å². The van der Waals surface area contributed by atoms with Crippen molar-refractivity contribution in [2.45, 2.75) is 32.7 Å². The van der Waals surface area contributed by atoms with Crippen molar-refractivity contribution in [2.24, 2.45) is 0 Å². The molecule has 0 amide bonds. The second-order valence-corrected chi connectivity index (χ2v) is 6.21. The fourth-order valence-corrected chi connectivity index (χ4v) is 2.47. The molecular weight excluding hydrogens is 266 g/mol. The molecule has 5 heteroatoms. The average Bonchev–Trinajstić information content (AvgIpc) is 2.79. The first-order valence-corrected chi connectivity index (χ1v) is 6.88. The van der Waals surface area contributed by atoms with Crippen LogP contribution in [0, 0.1) is 11.6 Å². The molecule has 0 bridgehead atoms. The third kappa shape index (κ3) is 3.29. The average molecular weight is 282 g/mol. The molecule has 0 spiro atoms. The Balaban J connectivity index is 2.07. The van der Waals surface area contributed by atoms with Gasteiger partial charge in [-0.15, -0.1) is 11.3 Å². The van der Waals surface area contributed by atoms with E-state index in [1.165, 1.54) is 12.1 Å². The van der Waals surface area contributed by atoms with Crippen molar-refractivity contribution in [1.82, 2.24) is 4.98 Å². The van der Waals surface area contributed by atoms with Gasteiger partial charge in [0.2, 0.25) is 0 Å². The molecule has 1 N–H and O–H groups in total. The van der Waals surface area contributed by atoms with Gasteiger partial charge in [0, 0.05) is 10.8 Å². The fourth-order valence-electron chi connectivity index (χ4n) is 1.56. The first-order chi connectivity index (χ1) is 8.88. The Morgan fingerprint density at radius 1 is 1.26 bits per heavy atom. The number of halogens is 2. The van der Waals surface area contributed by atoms with E-state index in [1.807, 2.05) is 5.38 Å². The summed E-state index contributed by atoms with van der Waals surface area (Å²) in [6.07, 6.45) is 0. The number of rotatable bonds is 3. The highest BCUT2D eigenvalue weighted by molar-refractivity contribution is 7.09. The summed E-state index contributed by atoms with van der Waals surface area (Å²) in [6, 6.07) is 4.08. The lowest BCUT2D eigenvalue weighted by Gasteiger charge is -2.13. The smallest absolute Gasteiger partial charge is 0.181 e. The van der Waals surface area contributed by atoms with Crippen LogP contribution in [0.1, 0.15) is 31.5 Å². The van der Waals surface area contributed by atoms with Gasteiger partial charge in [0.1, 0.15) is 0 Å². The van der Waals surface area contributed by atoms with Gasteiger partial charge in [-0.25, -0.2) is 13.8 Å². The topological polar surface area (TPSA) is 24.9 Å². The first kappa shape index (κ1) is 13.9. The minimum Gasteiger partial charge on any atom is -0.377 e. The molecule has 0 saturated carbocycles. The van der Waals surface area contributed by atoms with Gasteiger partial charge in [-0.05, 0) is 12.1 Å². The van der Waals surface area contributed by atoms with E-state index in [4.69, 9.17) is 0 Å². The Morgan fingerprint density at radius 3 is 2.63 bits per heavy atom. The van der Waals surface area contributed by atoms with Crippen molar-refractivity contribution in [3.63, 3.8) is 0 Å². The van der Waals surface area contributed by atoms with Crippen LogP contribution in [0.15, 0.2) is 23.6 Å². The number of nitrogens with one attached hydrogen (secondary N) is 1. The predicted octanol–water partition coefficient (Wildman–Crippen LogP) is 4.33. The van der Waals surface area contributed by atoms with Crippen molar-refractivity contribution in [1.29, 1.82) is 0 Å². The molecular formula is C14H16F2N2S. The monoisotopic (exact) mass is 282 g/mol. The Labute approximate surface area is 115 Å². The predicted molar refractivity (Wildman–Crippen MR) is 74.5 cm³/mol. The quantitative estimate of drug-likeness (QED) is 0.906. The molecule has 0 atom stereocenters. The number of benzene rings is 1. The Bertz CT molecular complexity index is 573. The standard InChI is InChI=1S/C14H16F2N2S/c1-14(2,3)13-18-9(8-19-13)7-17-11-6-4-5-10(15)12(11)16/h4-6,8,17H,7H2,1-3H3. The SMILES string of the molecule is CC(C)(C)c1nc(CNc2cccc(F)c2F)cs1. The molecule has 19 heavy (non-hydrogen) atoms. The minimum atomic E-state index is -0.853. The van der Waals surface area contributed by atoms with Crippen molar-refractivity contribution in [3.8, 4) is 0 Å². The number of nitrogens with zero attached hydrogens (tertiary/aromatic N) is 1. The van der Waals surface area contributed by atoms with Crippen LogP contribution < -0.4 is 5.32 Å². The van der Waals surface area contributed by atoms with Crippen LogP contribution in [-0.2, 0) is 12.0 Å². The Hall–Kier alpha value is -1.49. The molecule has 1 aromatic carbocycles. The molecule has 0 unspecified atom stereocenters. The number of aromatic nitrogens is 1. The summed E-state index contributed by atoms with van der Waals surface area (Å²) in [5.41, 5.74) is 0.997. The van der Waals surface area contributed by atoms with Gasteiger partial charge < -0.3 is 5.32 Å². The summed E-state index contributed by atoms with van der Waals surface area (Å²) < 4.78 is 26.5. The molecule has 2 nitrogen and oxygen atoms in total. The van der Waals surface area contributed by atoms with Crippen molar-refractivity contribution in [3.05, 3.63) is 45.9 Å². The second kappa shape index (κ2) is 5.25. The largest absolute Gasteiger partial charge is 0.377 e. The highest BCUT2D eigenvalue weighted by atomic mass is 32.1. The van der Waals surface area contributed by atoms with Crippen LogP contribution in [0.2, 0.25) is 0 Å². The zero-order valence-electron chi connectivity index (χ0n) is 11.1. The van der Waals surface area contributed by atoms with Crippen LogP contribution >= 0.6 is 11.3 Å². The van der Waals surface area contributed by atoms with Gasteiger partial charge in [0.25, 0.3) is 0 Å². The lowest BCUT2D eigenvalue weighted by atomic mass is 9.98. The van der Waals surface area contributed by atoms with Crippen LogP contribution in [0.3, 0.4) is 0 Å². The van der Waals surface area contributed by atoms with Gasteiger partial charge in [-0.2, -0.15) is 0 Å². The molecule has 2 rings (SSSR count). The van der Waals surface area contributed by atoms with Crippen LogP contribution in [0.5, 0.6) is 0 Å². The molecule has 1 aromatic heterocycles. The maximum Gasteiger partial charge on any atom is 0.181 e. The normalized spacial score (nSPS) is 11.6. The summed E-state index contributed by atoms with van der Waals surface area (Å²) in [4.78, 5) is 4.49. The highest BCUT2D eigenvalue weighted by Gasteiger charge is 2.18. The second-order valence-electron chi connectivity index (χ2n) is 5.35. The molecule has 0 aliphatic carbocycles. The molecule has 0 fully saturated rings. The van der Waals surface area contributed by atoms with E-state index < -0.39 is 11.6 Å². The summed E-state index contributed by atoms with van der Waals surface area (Å²) in [7, 11) is 0. The van der Waals surface area contributed by atoms with E-state index >= 15 is 0 Å². The first-order valence-electron chi connectivity index (χ1n) is 6.00. The van der Waals surface area contributed by atoms with Gasteiger partial charge >= 0.3 is 0 Å². The van der Waals surface area contributed by atoms with E-state index in [1.54, 1.807) is 11.3 Å². The van der Waals surface area contributed by atoms with E-state index in [2.05, 4.69) is 31.1 Å². The van der Waals surface area contributed by atoms with E-state index in [0.717, 1.165) is 16.8 Å². The van der Waals surface area contributed by atoms with Gasteiger partial charge in [-0.1, -0.05) is 26.8 Å². The van der Waals surface area contributed by atoms with Gasteiger partial charge in [0.05, 0.1) is 22.9 Å². The van der Waals surface area contributed by atoms with Crippen molar-refractivity contribution < 1.29 is 8.78 Å². The van der Waals surface area contributed by atoms with Crippen molar-refractivity contribution in [2.75, 3.05) is 5.32 Å². The number of hydrogen-bond donors (Lipinski definition) is 1. The molecule has 1 heterocycles. The van der Waals surface area contributed by atoms with E-state index in [-0.39, 0.29) is 11.1 Å². The van der Waals surface area contributed by atoms with E-state index in [0.29, 0.717) is 6.54 Å². The maximum atomic E-state index is 13.4.